The molecule has 0 aliphatic carbocycles. The molecule has 0 unspecified atom stereocenters. The molecule has 0 aliphatic heterocycles. The van der Waals surface area contributed by atoms with Gasteiger partial charge < -0.3 is 5.11 Å². The molecule has 0 radical (unpaired) electrons. The zero-order valence-electron chi connectivity index (χ0n) is 27.6. The maximum atomic E-state index is 11.2. The van der Waals surface area contributed by atoms with Crippen molar-refractivity contribution in [3.63, 3.8) is 0 Å². The summed E-state index contributed by atoms with van der Waals surface area (Å²) in [4.78, 5) is 0. The predicted octanol–water partition coefficient (Wildman–Crippen LogP) is 13.4. The van der Waals surface area contributed by atoms with Crippen LogP contribution in [0, 0.1) is 0 Å². The molecule has 0 spiro atoms. The van der Waals surface area contributed by atoms with E-state index < -0.39 is 0 Å². The van der Waals surface area contributed by atoms with Gasteiger partial charge in [0.2, 0.25) is 0 Å². The smallest absolute Gasteiger partial charge is 0.123 e. The number of unbranched alkanes of at least 4 members (excludes halogenated alkanes) is 18. The number of hydrogen-bond acceptors (Lipinski definition) is 3. The van der Waals surface area contributed by atoms with Crippen molar-refractivity contribution in [2.24, 2.45) is 0 Å². The monoisotopic (exact) mass is 592 g/mol. The van der Waals surface area contributed by atoms with Crippen LogP contribution in [0.2, 0.25) is 0 Å². The average molecular weight is 593 g/mol. The Bertz CT molecular complexity index is 714. The topological polar surface area (TPSA) is 20.2 Å². The molecule has 0 saturated heterocycles. The van der Waals surface area contributed by atoms with Gasteiger partial charge in [0.25, 0.3) is 0 Å². The molecule has 1 rings (SSSR count). The lowest BCUT2D eigenvalue weighted by molar-refractivity contribution is 0.425. The van der Waals surface area contributed by atoms with Crippen LogP contribution in [0.3, 0.4) is 0 Å². The van der Waals surface area contributed by atoms with Crippen LogP contribution in [0.25, 0.3) is 0 Å². The third-order valence-electron chi connectivity index (χ3n) is 8.67. The minimum absolute atomic E-state index is 0.0112. The lowest BCUT2D eigenvalue weighted by Crippen LogP contribution is -2.16. The van der Waals surface area contributed by atoms with E-state index in [4.69, 9.17) is 0 Å². The fourth-order valence-electron chi connectivity index (χ4n) is 5.42. The second-order valence-corrected chi connectivity index (χ2v) is 15.1. The molecule has 0 heterocycles. The highest BCUT2D eigenvalue weighted by Gasteiger charge is 2.24. The Kier molecular flexibility index (Phi) is 23.8. The predicted molar refractivity (Wildman–Crippen MR) is 187 cm³/mol. The molecule has 3 heteroatoms. The Morgan fingerprint density at radius 3 is 1.38 bits per heavy atom. The zero-order chi connectivity index (χ0) is 29.3. The van der Waals surface area contributed by atoms with E-state index in [1.54, 1.807) is 0 Å². The molecule has 1 N–H and O–H groups in total. The maximum absolute atomic E-state index is 11.2. The Hall–Kier alpha value is -0.280. The van der Waals surface area contributed by atoms with Crippen molar-refractivity contribution in [2.75, 3.05) is 11.5 Å². The molecule has 1 aromatic rings. The molecule has 0 saturated carbocycles. The molecule has 1 aromatic carbocycles. The number of thioether (sulfide) groups is 2. The van der Waals surface area contributed by atoms with Gasteiger partial charge in [0, 0.05) is 22.6 Å². The lowest BCUT2D eigenvalue weighted by Gasteiger charge is -2.26. The Labute approximate surface area is 260 Å². The van der Waals surface area contributed by atoms with E-state index in [0.29, 0.717) is 5.75 Å². The summed E-state index contributed by atoms with van der Waals surface area (Å²) in [5.41, 5.74) is 3.73. The summed E-state index contributed by atoms with van der Waals surface area (Å²) in [6.07, 6.45) is 29.0. The molecule has 0 aromatic heterocycles. The van der Waals surface area contributed by atoms with Crippen LogP contribution in [0.5, 0.6) is 5.75 Å². The first kappa shape index (κ1) is 37.7. The van der Waals surface area contributed by atoms with Crippen molar-refractivity contribution in [1.29, 1.82) is 0 Å². The molecule has 0 atom stereocenters. The first-order valence-corrected chi connectivity index (χ1v) is 19.8. The standard InChI is InChI=1S/C37H68OS2/c1-6-9-11-13-15-17-19-21-23-25-27-39-31-33-29-34(36(38)35(30-33)37(4,5)8-3)32-40-28-26-24-22-20-18-16-14-12-10-7-2/h29-30,38H,6-28,31-32H2,1-5H3. The van der Waals surface area contributed by atoms with Crippen LogP contribution in [0.1, 0.15) is 186 Å². The van der Waals surface area contributed by atoms with E-state index in [2.05, 4.69) is 58.5 Å². The molecule has 0 aliphatic rings. The summed E-state index contributed by atoms with van der Waals surface area (Å²) in [7, 11) is 0. The number of benzene rings is 1. The fourth-order valence-corrected chi connectivity index (χ4v) is 7.36. The summed E-state index contributed by atoms with van der Waals surface area (Å²) in [5, 5.41) is 11.2. The van der Waals surface area contributed by atoms with E-state index in [1.807, 2.05) is 11.8 Å². The Balaban J connectivity index is 2.36. The van der Waals surface area contributed by atoms with Crippen molar-refractivity contribution < 1.29 is 5.11 Å². The summed E-state index contributed by atoms with van der Waals surface area (Å²) < 4.78 is 0. The summed E-state index contributed by atoms with van der Waals surface area (Å²) in [6, 6.07) is 4.61. The Morgan fingerprint density at radius 2 is 0.950 bits per heavy atom. The highest BCUT2D eigenvalue weighted by Crippen LogP contribution is 2.39. The molecular formula is C37H68OS2. The minimum atomic E-state index is 0.0112. The van der Waals surface area contributed by atoms with Crippen LogP contribution in [-0.4, -0.2) is 16.6 Å². The highest BCUT2D eigenvalue weighted by atomic mass is 32.2. The molecule has 40 heavy (non-hydrogen) atoms. The first-order chi connectivity index (χ1) is 19.5. The molecular weight excluding hydrogens is 525 g/mol. The van der Waals surface area contributed by atoms with E-state index >= 15 is 0 Å². The third kappa shape index (κ3) is 18.3. The average Bonchev–Trinajstić information content (AvgIpc) is 2.95. The number of phenols is 1. The van der Waals surface area contributed by atoms with Crippen molar-refractivity contribution in [3.05, 3.63) is 28.8 Å². The zero-order valence-corrected chi connectivity index (χ0v) is 29.2. The normalized spacial score (nSPS) is 11.9. The van der Waals surface area contributed by atoms with Crippen molar-refractivity contribution in [2.45, 2.75) is 186 Å². The van der Waals surface area contributed by atoms with E-state index in [-0.39, 0.29) is 5.41 Å². The van der Waals surface area contributed by atoms with Gasteiger partial charge in [0.1, 0.15) is 5.75 Å². The second kappa shape index (κ2) is 25.2. The van der Waals surface area contributed by atoms with Gasteiger partial charge >= 0.3 is 0 Å². The largest absolute Gasteiger partial charge is 0.507 e. The van der Waals surface area contributed by atoms with E-state index in [9.17, 15) is 5.11 Å². The maximum Gasteiger partial charge on any atom is 0.123 e. The quantitative estimate of drug-likeness (QED) is 0.0977. The van der Waals surface area contributed by atoms with Gasteiger partial charge in [0.15, 0.2) is 0 Å². The van der Waals surface area contributed by atoms with Gasteiger partial charge in [-0.15, -0.1) is 0 Å². The molecule has 234 valence electrons. The fraction of sp³-hybridized carbons (Fsp3) is 0.838. The second-order valence-electron chi connectivity index (χ2n) is 12.9. The SMILES string of the molecule is CCCCCCCCCCCCSCc1cc(CSCCCCCCCCCCCC)c(O)c(C(C)(C)CC)c1. The van der Waals surface area contributed by atoms with Crippen molar-refractivity contribution in [3.8, 4) is 5.75 Å². The van der Waals surface area contributed by atoms with Gasteiger partial charge in [0.05, 0.1) is 0 Å². The van der Waals surface area contributed by atoms with Crippen LogP contribution < -0.4 is 0 Å². The van der Waals surface area contributed by atoms with Crippen LogP contribution in [0.4, 0.5) is 0 Å². The lowest BCUT2D eigenvalue weighted by atomic mass is 9.80. The van der Waals surface area contributed by atoms with Crippen LogP contribution in [0.15, 0.2) is 12.1 Å². The summed E-state index contributed by atoms with van der Waals surface area (Å²) in [5.74, 6) is 5.03. The number of aromatic hydroxyl groups is 1. The molecule has 0 fully saturated rings. The van der Waals surface area contributed by atoms with Gasteiger partial charge in [-0.05, 0) is 41.7 Å². The third-order valence-corrected chi connectivity index (χ3v) is 10.9. The van der Waals surface area contributed by atoms with Crippen LogP contribution >= 0.6 is 23.5 Å². The van der Waals surface area contributed by atoms with Gasteiger partial charge in [-0.2, -0.15) is 23.5 Å². The molecule has 0 amide bonds. The van der Waals surface area contributed by atoms with Crippen molar-refractivity contribution >= 4 is 23.5 Å². The number of rotatable bonds is 28. The highest BCUT2D eigenvalue weighted by molar-refractivity contribution is 7.98. The van der Waals surface area contributed by atoms with Gasteiger partial charge in [-0.25, -0.2) is 0 Å². The van der Waals surface area contributed by atoms with Gasteiger partial charge in [-0.1, -0.05) is 162 Å². The van der Waals surface area contributed by atoms with Gasteiger partial charge in [-0.3, -0.25) is 0 Å². The molecule has 0 bridgehead atoms. The van der Waals surface area contributed by atoms with E-state index in [0.717, 1.165) is 29.1 Å². The summed E-state index contributed by atoms with van der Waals surface area (Å²) >= 11 is 4.10. The molecule has 1 nitrogen and oxygen atoms in total. The Morgan fingerprint density at radius 1 is 0.550 bits per heavy atom. The first-order valence-electron chi connectivity index (χ1n) is 17.5. The number of phenolic OH excluding ortho intramolecular Hbond substituents is 1. The van der Waals surface area contributed by atoms with E-state index in [1.165, 1.54) is 145 Å². The minimum Gasteiger partial charge on any atom is -0.507 e. The van der Waals surface area contributed by atoms with Crippen LogP contribution in [-0.2, 0) is 16.9 Å². The van der Waals surface area contributed by atoms with Crippen molar-refractivity contribution in [1.82, 2.24) is 0 Å². The number of hydrogen-bond donors (Lipinski definition) is 1. The summed E-state index contributed by atoms with van der Waals surface area (Å²) in [6.45, 7) is 11.4.